The molecule has 2 fully saturated rings. The molecule has 2 aliphatic heterocycles. The maximum atomic E-state index is 13.0. The average Bonchev–Trinajstić information content (AvgIpc) is 2.84. The Kier molecular flexibility index (Phi) is 8.29. The Morgan fingerprint density at radius 3 is 2.26 bits per heavy atom. The minimum Gasteiger partial charge on any atom is -0.435 e. The van der Waals surface area contributed by atoms with Crippen molar-refractivity contribution < 1.29 is 26.7 Å². The lowest BCUT2D eigenvalue weighted by molar-refractivity contribution is -0.0500. The van der Waals surface area contributed by atoms with Gasteiger partial charge in [-0.1, -0.05) is 17.7 Å². The summed E-state index contributed by atoms with van der Waals surface area (Å²) < 4.78 is 56.8. The molecule has 4 rings (SSSR count). The zero-order valence-corrected chi connectivity index (χ0v) is 20.9. The van der Waals surface area contributed by atoms with Gasteiger partial charge in [-0.05, 0) is 74.3 Å². The highest BCUT2D eigenvalue weighted by molar-refractivity contribution is 7.89. The number of sulfonamides is 1. The number of hydrogen-bond acceptors (Lipinski definition) is 5. The van der Waals surface area contributed by atoms with Crippen LogP contribution in [0.3, 0.4) is 0 Å². The second-order valence-corrected chi connectivity index (χ2v) is 11.5. The molecule has 0 bridgehead atoms. The van der Waals surface area contributed by atoms with E-state index in [1.54, 1.807) is 6.07 Å². The number of carbonyl (C=O) groups excluding carboxylic acids is 1. The molecule has 0 N–H and O–H groups in total. The van der Waals surface area contributed by atoms with Gasteiger partial charge in [-0.2, -0.15) is 13.1 Å². The molecule has 0 atom stereocenters. The second-order valence-electron chi connectivity index (χ2n) is 9.19. The number of rotatable bonds is 8. The van der Waals surface area contributed by atoms with Crippen LogP contribution < -0.4 is 9.64 Å². The molecule has 0 radical (unpaired) electrons. The van der Waals surface area contributed by atoms with E-state index in [2.05, 4.69) is 9.64 Å². The van der Waals surface area contributed by atoms with E-state index >= 15 is 0 Å². The summed E-state index contributed by atoms with van der Waals surface area (Å²) >= 11 is 6.18. The van der Waals surface area contributed by atoms with Gasteiger partial charge in [0.2, 0.25) is 10.0 Å². The third kappa shape index (κ3) is 6.32. The molecular weight excluding hydrogens is 498 g/mol. The van der Waals surface area contributed by atoms with Gasteiger partial charge in [0.25, 0.3) is 0 Å². The van der Waals surface area contributed by atoms with Gasteiger partial charge in [-0.3, -0.25) is 4.79 Å². The molecular formula is C25H29ClF2N2O4S. The molecule has 0 aromatic heterocycles. The monoisotopic (exact) mass is 526 g/mol. The van der Waals surface area contributed by atoms with Crippen LogP contribution in [0.1, 0.15) is 42.5 Å². The number of ether oxygens (including phenoxy) is 1. The van der Waals surface area contributed by atoms with Gasteiger partial charge in [0.1, 0.15) is 5.75 Å². The van der Waals surface area contributed by atoms with E-state index in [1.807, 2.05) is 12.1 Å². The standard InChI is InChI=1S/C25H29ClF2N2O4S/c26-24-15-21(5-4-20(24)17-31)29-10-6-18(7-11-29)14-19-8-12-30(13-9-19)35(32,33)23-3-1-2-22(16-23)34-25(27)28/h1-5,15-19,25H,6-14H2. The highest BCUT2D eigenvalue weighted by atomic mass is 35.5. The maximum absolute atomic E-state index is 13.0. The molecule has 0 aliphatic carbocycles. The topological polar surface area (TPSA) is 66.9 Å². The van der Waals surface area contributed by atoms with Crippen molar-refractivity contribution >= 4 is 33.6 Å². The lowest BCUT2D eigenvalue weighted by atomic mass is 9.83. The lowest BCUT2D eigenvalue weighted by Gasteiger charge is -2.37. The summed E-state index contributed by atoms with van der Waals surface area (Å²) in [7, 11) is -3.75. The summed E-state index contributed by atoms with van der Waals surface area (Å²) in [5.41, 5.74) is 1.52. The number of hydrogen-bond donors (Lipinski definition) is 0. The molecule has 35 heavy (non-hydrogen) atoms. The van der Waals surface area contributed by atoms with Gasteiger partial charge in [0.05, 0.1) is 9.92 Å². The Bertz CT molecular complexity index is 1130. The van der Waals surface area contributed by atoms with Gasteiger partial charge < -0.3 is 9.64 Å². The Hall–Kier alpha value is -2.23. The largest absolute Gasteiger partial charge is 0.435 e. The van der Waals surface area contributed by atoms with Gasteiger partial charge >= 0.3 is 6.61 Å². The third-order valence-corrected chi connectivity index (χ3v) is 9.22. The molecule has 2 aromatic carbocycles. The molecule has 10 heteroatoms. The van der Waals surface area contributed by atoms with Crippen LogP contribution in [-0.2, 0) is 10.0 Å². The molecule has 0 amide bonds. The zero-order valence-electron chi connectivity index (χ0n) is 19.3. The van der Waals surface area contributed by atoms with Crippen molar-refractivity contribution in [2.75, 3.05) is 31.1 Å². The summed E-state index contributed by atoms with van der Waals surface area (Å²) in [5, 5.41) is 0.467. The Balaban J connectivity index is 1.27. The predicted octanol–water partition coefficient (Wildman–Crippen LogP) is 5.46. The highest BCUT2D eigenvalue weighted by Gasteiger charge is 2.31. The summed E-state index contributed by atoms with van der Waals surface area (Å²) in [6.07, 6.45) is 5.52. The van der Waals surface area contributed by atoms with E-state index in [4.69, 9.17) is 11.6 Å². The number of anilines is 1. The van der Waals surface area contributed by atoms with Crippen molar-refractivity contribution in [1.29, 1.82) is 0 Å². The van der Waals surface area contributed by atoms with Crippen LogP contribution >= 0.6 is 11.6 Å². The fraction of sp³-hybridized carbons (Fsp3) is 0.480. The zero-order chi connectivity index (χ0) is 25.0. The quantitative estimate of drug-likeness (QED) is 0.427. The van der Waals surface area contributed by atoms with Gasteiger partial charge in [0.15, 0.2) is 6.29 Å². The van der Waals surface area contributed by atoms with Crippen LogP contribution in [-0.4, -0.2) is 51.8 Å². The molecule has 2 heterocycles. The van der Waals surface area contributed by atoms with Crippen LogP contribution in [0.4, 0.5) is 14.5 Å². The smallest absolute Gasteiger partial charge is 0.387 e. The molecule has 0 saturated carbocycles. The Morgan fingerprint density at radius 2 is 1.66 bits per heavy atom. The van der Waals surface area contributed by atoms with Crippen LogP contribution in [0.5, 0.6) is 5.75 Å². The first-order valence-corrected chi connectivity index (χ1v) is 13.6. The fourth-order valence-electron chi connectivity index (χ4n) is 5.05. The average molecular weight is 527 g/mol. The summed E-state index contributed by atoms with van der Waals surface area (Å²) in [4.78, 5) is 13.2. The van der Waals surface area contributed by atoms with Gasteiger partial charge in [-0.15, -0.1) is 0 Å². The number of carbonyl (C=O) groups is 1. The van der Waals surface area contributed by atoms with Crippen molar-refractivity contribution in [2.45, 2.75) is 43.6 Å². The van der Waals surface area contributed by atoms with E-state index in [0.717, 1.165) is 63.2 Å². The molecule has 190 valence electrons. The van der Waals surface area contributed by atoms with Crippen molar-refractivity contribution in [3.8, 4) is 5.75 Å². The highest BCUT2D eigenvalue weighted by Crippen LogP contribution is 2.34. The molecule has 2 saturated heterocycles. The van der Waals surface area contributed by atoms with Crippen molar-refractivity contribution in [2.24, 2.45) is 11.8 Å². The molecule has 2 aromatic rings. The number of halogens is 3. The number of benzene rings is 2. The number of piperidine rings is 2. The van der Waals surface area contributed by atoms with Crippen molar-refractivity contribution in [3.63, 3.8) is 0 Å². The summed E-state index contributed by atoms with van der Waals surface area (Å²) in [5.74, 6) is 0.893. The van der Waals surface area contributed by atoms with Crippen LogP contribution in [0.2, 0.25) is 5.02 Å². The minimum absolute atomic E-state index is 0.0252. The van der Waals surface area contributed by atoms with Crippen LogP contribution in [0.15, 0.2) is 47.4 Å². The van der Waals surface area contributed by atoms with E-state index in [1.165, 1.54) is 22.5 Å². The minimum atomic E-state index is -3.75. The van der Waals surface area contributed by atoms with E-state index in [9.17, 15) is 22.0 Å². The first-order chi connectivity index (χ1) is 16.8. The maximum Gasteiger partial charge on any atom is 0.387 e. The normalized spacial score (nSPS) is 18.7. The summed E-state index contributed by atoms with van der Waals surface area (Å²) in [6, 6.07) is 10.8. The van der Waals surface area contributed by atoms with Crippen LogP contribution in [0.25, 0.3) is 0 Å². The molecule has 0 spiro atoms. The van der Waals surface area contributed by atoms with Crippen molar-refractivity contribution in [1.82, 2.24) is 4.31 Å². The second kappa shape index (κ2) is 11.2. The Morgan fingerprint density at radius 1 is 1.00 bits per heavy atom. The number of aldehydes is 1. The Labute approximate surface area is 209 Å². The molecule has 2 aliphatic rings. The third-order valence-electron chi connectivity index (χ3n) is 7.00. The lowest BCUT2D eigenvalue weighted by Crippen LogP contribution is -2.39. The predicted molar refractivity (Wildman–Crippen MR) is 131 cm³/mol. The fourth-order valence-corrected chi connectivity index (χ4v) is 6.78. The first-order valence-electron chi connectivity index (χ1n) is 11.8. The van der Waals surface area contributed by atoms with E-state index in [0.29, 0.717) is 35.5 Å². The first kappa shape index (κ1) is 25.9. The molecule has 6 nitrogen and oxygen atoms in total. The van der Waals surface area contributed by atoms with Gasteiger partial charge in [-0.25, -0.2) is 8.42 Å². The summed E-state index contributed by atoms with van der Waals surface area (Å²) in [6.45, 7) is -0.311. The SMILES string of the molecule is O=Cc1ccc(N2CCC(CC3CCN(S(=O)(=O)c4cccc(OC(F)F)c4)CC3)CC2)cc1Cl. The number of alkyl halides is 2. The molecule has 0 unspecified atom stereocenters. The van der Waals surface area contributed by atoms with Crippen LogP contribution in [0, 0.1) is 11.8 Å². The van der Waals surface area contributed by atoms with E-state index < -0.39 is 16.6 Å². The number of nitrogens with zero attached hydrogens (tertiary/aromatic N) is 2. The van der Waals surface area contributed by atoms with Gasteiger partial charge in [0, 0.05) is 43.5 Å². The van der Waals surface area contributed by atoms with E-state index in [-0.39, 0.29) is 10.6 Å². The van der Waals surface area contributed by atoms with Crippen molar-refractivity contribution in [3.05, 3.63) is 53.1 Å².